The van der Waals surface area contributed by atoms with Crippen molar-refractivity contribution in [3.8, 4) is 0 Å². The van der Waals surface area contributed by atoms with Crippen LogP contribution in [0.2, 0.25) is 0 Å². The molecule has 118 valence electrons. The van der Waals surface area contributed by atoms with Crippen molar-refractivity contribution in [1.82, 2.24) is 9.80 Å². The SMILES string of the molecule is C=CC(=O)N(C)C1CN(C(=O)c2ccccc2C(F)(F)F)C1. The van der Waals surface area contributed by atoms with Crippen molar-refractivity contribution in [2.75, 3.05) is 20.1 Å². The molecule has 7 heteroatoms. The Balaban J connectivity index is 2.10. The van der Waals surface area contributed by atoms with Gasteiger partial charge in [-0.2, -0.15) is 13.2 Å². The molecule has 0 spiro atoms. The third-order valence-electron chi connectivity index (χ3n) is 3.68. The molecule has 2 rings (SSSR count). The predicted octanol–water partition coefficient (Wildman–Crippen LogP) is 2.17. The molecule has 0 bridgehead atoms. The van der Waals surface area contributed by atoms with Crippen molar-refractivity contribution in [2.24, 2.45) is 0 Å². The normalized spacial score (nSPS) is 15.2. The van der Waals surface area contributed by atoms with Gasteiger partial charge in [-0.25, -0.2) is 0 Å². The zero-order valence-electron chi connectivity index (χ0n) is 11.9. The molecule has 0 radical (unpaired) electrons. The number of benzene rings is 1. The monoisotopic (exact) mass is 312 g/mol. The van der Waals surface area contributed by atoms with Gasteiger partial charge in [-0.15, -0.1) is 0 Å². The molecule has 0 aliphatic carbocycles. The molecule has 2 amide bonds. The van der Waals surface area contributed by atoms with Gasteiger partial charge in [0.15, 0.2) is 0 Å². The van der Waals surface area contributed by atoms with Crippen molar-refractivity contribution in [2.45, 2.75) is 12.2 Å². The maximum absolute atomic E-state index is 12.9. The number of halogens is 3. The molecule has 1 aromatic carbocycles. The molecule has 1 fully saturated rings. The van der Waals surface area contributed by atoms with E-state index in [1.165, 1.54) is 21.9 Å². The van der Waals surface area contributed by atoms with E-state index in [0.29, 0.717) is 0 Å². The van der Waals surface area contributed by atoms with Gasteiger partial charge in [-0.05, 0) is 18.2 Å². The first kappa shape index (κ1) is 16.1. The van der Waals surface area contributed by atoms with E-state index in [-0.39, 0.29) is 30.6 Å². The fraction of sp³-hybridized carbons (Fsp3) is 0.333. The fourth-order valence-electron chi connectivity index (χ4n) is 2.28. The lowest BCUT2D eigenvalue weighted by Gasteiger charge is -2.43. The van der Waals surface area contributed by atoms with Crippen LogP contribution in [0.15, 0.2) is 36.9 Å². The Labute approximate surface area is 125 Å². The molecule has 0 unspecified atom stereocenters. The smallest absolute Gasteiger partial charge is 0.336 e. The molecule has 1 aliphatic heterocycles. The average Bonchev–Trinajstić information content (AvgIpc) is 2.43. The molecule has 22 heavy (non-hydrogen) atoms. The van der Waals surface area contributed by atoms with Crippen LogP contribution in [0.4, 0.5) is 13.2 Å². The van der Waals surface area contributed by atoms with Gasteiger partial charge in [0.05, 0.1) is 17.2 Å². The standard InChI is InChI=1S/C15H15F3N2O2/c1-3-13(21)19(2)10-8-20(9-10)14(22)11-6-4-5-7-12(11)15(16,17)18/h3-7,10H,1,8-9H2,2H3. The highest BCUT2D eigenvalue weighted by Gasteiger charge is 2.39. The Morgan fingerprint density at radius 2 is 1.91 bits per heavy atom. The number of nitrogens with zero attached hydrogens (tertiary/aromatic N) is 2. The first-order valence-electron chi connectivity index (χ1n) is 6.60. The van der Waals surface area contributed by atoms with Crippen LogP contribution in [0.5, 0.6) is 0 Å². The molecule has 0 N–H and O–H groups in total. The summed E-state index contributed by atoms with van der Waals surface area (Å²) in [6.45, 7) is 3.78. The van der Waals surface area contributed by atoms with Crippen LogP contribution in [0.1, 0.15) is 15.9 Å². The van der Waals surface area contributed by atoms with Crippen molar-refractivity contribution >= 4 is 11.8 Å². The number of likely N-dealkylation sites (N-methyl/N-ethyl adjacent to an activating group) is 1. The Hall–Kier alpha value is -2.31. The molecule has 1 saturated heterocycles. The first-order chi connectivity index (χ1) is 10.3. The first-order valence-corrected chi connectivity index (χ1v) is 6.60. The molecular formula is C15H15F3N2O2. The lowest BCUT2D eigenvalue weighted by molar-refractivity contribution is -0.138. The Morgan fingerprint density at radius 1 is 1.32 bits per heavy atom. The highest BCUT2D eigenvalue weighted by Crippen LogP contribution is 2.33. The Kier molecular flexibility index (Phi) is 4.25. The summed E-state index contributed by atoms with van der Waals surface area (Å²) < 4.78 is 38.7. The van der Waals surface area contributed by atoms with Gasteiger partial charge in [-0.3, -0.25) is 9.59 Å². The summed E-state index contributed by atoms with van der Waals surface area (Å²) in [6.07, 6.45) is -3.42. The fourth-order valence-corrected chi connectivity index (χ4v) is 2.28. The Morgan fingerprint density at radius 3 is 2.45 bits per heavy atom. The van der Waals surface area contributed by atoms with Crippen molar-refractivity contribution in [3.05, 3.63) is 48.0 Å². The number of carbonyl (C=O) groups excluding carboxylic acids is 2. The van der Waals surface area contributed by atoms with Gasteiger partial charge < -0.3 is 9.80 Å². The van der Waals surface area contributed by atoms with E-state index < -0.39 is 17.6 Å². The molecular weight excluding hydrogens is 297 g/mol. The van der Waals surface area contributed by atoms with E-state index in [2.05, 4.69) is 6.58 Å². The average molecular weight is 312 g/mol. The zero-order chi connectivity index (χ0) is 16.5. The van der Waals surface area contributed by atoms with E-state index in [1.807, 2.05) is 0 Å². The maximum atomic E-state index is 12.9. The molecule has 1 heterocycles. The highest BCUT2D eigenvalue weighted by atomic mass is 19.4. The van der Waals surface area contributed by atoms with Crippen LogP contribution in [0.25, 0.3) is 0 Å². The van der Waals surface area contributed by atoms with Crippen molar-refractivity contribution < 1.29 is 22.8 Å². The maximum Gasteiger partial charge on any atom is 0.417 e. The third-order valence-corrected chi connectivity index (χ3v) is 3.68. The number of likely N-dealkylation sites (tertiary alicyclic amines) is 1. The van der Waals surface area contributed by atoms with E-state index in [0.717, 1.165) is 18.2 Å². The molecule has 0 atom stereocenters. The largest absolute Gasteiger partial charge is 0.417 e. The topological polar surface area (TPSA) is 40.6 Å². The number of alkyl halides is 3. The van der Waals surface area contributed by atoms with Gasteiger partial charge in [0.25, 0.3) is 5.91 Å². The second kappa shape index (κ2) is 5.82. The third kappa shape index (κ3) is 2.98. The summed E-state index contributed by atoms with van der Waals surface area (Å²) in [4.78, 5) is 26.4. The van der Waals surface area contributed by atoms with Gasteiger partial charge in [-0.1, -0.05) is 18.7 Å². The van der Waals surface area contributed by atoms with E-state index in [4.69, 9.17) is 0 Å². The summed E-state index contributed by atoms with van der Waals surface area (Å²) in [6, 6.07) is 4.49. The van der Waals surface area contributed by atoms with Gasteiger partial charge in [0.2, 0.25) is 5.91 Å². The van der Waals surface area contributed by atoms with Gasteiger partial charge in [0.1, 0.15) is 0 Å². The minimum atomic E-state index is -4.58. The predicted molar refractivity (Wildman–Crippen MR) is 74.1 cm³/mol. The van der Waals surface area contributed by atoms with E-state index >= 15 is 0 Å². The molecule has 1 aliphatic rings. The van der Waals surface area contributed by atoms with Crippen molar-refractivity contribution in [3.63, 3.8) is 0 Å². The summed E-state index contributed by atoms with van der Waals surface area (Å²) in [5, 5.41) is 0. The second-order valence-electron chi connectivity index (χ2n) is 5.06. The number of hydrogen-bond acceptors (Lipinski definition) is 2. The van der Waals surface area contributed by atoms with Gasteiger partial charge >= 0.3 is 6.18 Å². The van der Waals surface area contributed by atoms with Crippen molar-refractivity contribution in [1.29, 1.82) is 0 Å². The van der Waals surface area contributed by atoms with E-state index in [1.54, 1.807) is 7.05 Å². The second-order valence-corrected chi connectivity index (χ2v) is 5.06. The molecule has 1 aromatic rings. The minimum Gasteiger partial charge on any atom is -0.336 e. The summed E-state index contributed by atoms with van der Waals surface area (Å²) >= 11 is 0. The minimum absolute atomic E-state index is 0.201. The number of carbonyl (C=O) groups is 2. The number of rotatable bonds is 3. The summed E-state index contributed by atoms with van der Waals surface area (Å²) in [7, 11) is 1.57. The lowest BCUT2D eigenvalue weighted by atomic mass is 10.0. The number of amides is 2. The van der Waals surface area contributed by atoms with Crippen LogP contribution in [0.3, 0.4) is 0 Å². The van der Waals surface area contributed by atoms with Crippen LogP contribution < -0.4 is 0 Å². The summed E-state index contributed by atoms with van der Waals surface area (Å²) in [5.74, 6) is -0.962. The number of hydrogen-bond donors (Lipinski definition) is 0. The Bertz CT molecular complexity index is 607. The van der Waals surface area contributed by atoms with Crippen LogP contribution in [-0.4, -0.2) is 47.8 Å². The molecule has 0 aromatic heterocycles. The van der Waals surface area contributed by atoms with Gasteiger partial charge in [0, 0.05) is 20.1 Å². The summed E-state index contributed by atoms with van der Waals surface area (Å²) in [5.41, 5.74) is -1.31. The lowest BCUT2D eigenvalue weighted by Crippen LogP contribution is -2.61. The van der Waals surface area contributed by atoms with Crippen LogP contribution in [0, 0.1) is 0 Å². The van der Waals surface area contributed by atoms with E-state index in [9.17, 15) is 22.8 Å². The molecule has 0 saturated carbocycles. The zero-order valence-corrected chi connectivity index (χ0v) is 11.9. The van der Waals surface area contributed by atoms with Crippen LogP contribution >= 0.6 is 0 Å². The molecule has 4 nitrogen and oxygen atoms in total. The quantitative estimate of drug-likeness (QED) is 0.803. The highest BCUT2D eigenvalue weighted by molar-refractivity contribution is 5.96. The van der Waals surface area contributed by atoms with Crippen LogP contribution in [-0.2, 0) is 11.0 Å².